The molecule has 2 aromatic rings. The van der Waals surface area contributed by atoms with Gasteiger partial charge in [-0.2, -0.15) is 0 Å². The van der Waals surface area contributed by atoms with Gasteiger partial charge < -0.3 is 0 Å². The summed E-state index contributed by atoms with van der Waals surface area (Å²) in [6.07, 6.45) is 0.661. The summed E-state index contributed by atoms with van der Waals surface area (Å²) in [6, 6.07) is 9.60. The molecule has 0 saturated heterocycles. The molecule has 0 aliphatic carbocycles. The van der Waals surface area contributed by atoms with Gasteiger partial charge in [0, 0.05) is 11.6 Å². The summed E-state index contributed by atoms with van der Waals surface area (Å²) in [4.78, 5) is 30.9. The molecule has 0 N–H and O–H groups in total. The third kappa shape index (κ3) is 2.51. The van der Waals surface area contributed by atoms with Crippen molar-refractivity contribution in [2.45, 2.75) is 0 Å². The molecule has 0 heterocycles. The van der Waals surface area contributed by atoms with Crippen LogP contribution in [-0.4, -0.2) is 16.1 Å². The van der Waals surface area contributed by atoms with E-state index < -0.39 is 9.85 Å². The summed E-state index contributed by atoms with van der Waals surface area (Å²) in [5.74, 6) is 0. The number of carbonyl (C=O) groups excluding carboxylic acids is 1. The number of hydrogen-bond donors (Lipinski definition) is 0. The van der Waals surface area contributed by atoms with E-state index in [2.05, 4.69) is 0 Å². The molecule has 0 atom stereocenters. The molecule has 100 valence electrons. The van der Waals surface area contributed by atoms with E-state index >= 15 is 0 Å². The van der Waals surface area contributed by atoms with Crippen molar-refractivity contribution in [2.24, 2.45) is 0 Å². The summed E-state index contributed by atoms with van der Waals surface area (Å²) in [5, 5.41) is 21.7. The first-order chi connectivity index (χ1) is 9.52. The first kappa shape index (κ1) is 13.3. The Balaban J connectivity index is 2.57. The fourth-order valence-corrected chi connectivity index (χ4v) is 1.77. The molecule has 0 aliphatic heterocycles. The van der Waals surface area contributed by atoms with Gasteiger partial charge in [0.1, 0.15) is 6.29 Å². The SMILES string of the molecule is O=Cc1ccc(-c2ccc([N+](=O)[O-])cc2[N+](=O)[O-])cc1. The van der Waals surface area contributed by atoms with Crippen molar-refractivity contribution in [1.29, 1.82) is 0 Å². The van der Waals surface area contributed by atoms with Crippen LogP contribution in [0, 0.1) is 20.2 Å². The molecular formula is C13H8N2O5. The first-order valence-corrected chi connectivity index (χ1v) is 5.51. The van der Waals surface area contributed by atoms with E-state index in [0.29, 0.717) is 17.4 Å². The van der Waals surface area contributed by atoms with E-state index in [9.17, 15) is 25.0 Å². The number of benzene rings is 2. The number of nitrogens with zero attached hydrogens (tertiary/aromatic N) is 2. The number of carbonyl (C=O) groups is 1. The maximum Gasteiger partial charge on any atom is 0.284 e. The van der Waals surface area contributed by atoms with Gasteiger partial charge in [-0.05, 0) is 11.6 Å². The third-order valence-electron chi connectivity index (χ3n) is 2.75. The average Bonchev–Trinajstić information content (AvgIpc) is 2.46. The molecule has 0 aliphatic rings. The van der Waals surface area contributed by atoms with Gasteiger partial charge in [-0.15, -0.1) is 0 Å². The van der Waals surface area contributed by atoms with E-state index in [1.54, 1.807) is 12.1 Å². The van der Waals surface area contributed by atoms with Crippen LogP contribution in [0.5, 0.6) is 0 Å². The summed E-state index contributed by atoms with van der Waals surface area (Å²) < 4.78 is 0. The van der Waals surface area contributed by atoms with Gasteiger partial charge in [-0.25, -0.2) is 0 Å². The molecule has 0 fully saturated rings. The molecule has 2 rings (SSSR count). The Kier molecular flexibility index (Phi) is 3.52. The molecular weight excluding hydrogens is 264 g/mol. The zero-order valence-corrected chi connectivity index (χ0v) is 10.1. The molecule has 0 radical (unpaired) electrons. The standard InChI is InChI=1S/C13H8N2O5/c16-8-9-1-3-10(4-2-9)12-6-5-11(14(17)18)7-13(12)15(19)20/h1-8H. The lowest BCUT2D eigenvalue weighted by Gasteiger charge is -2.03. The number of non-ortho nitro benzene ring substituents is 1. The molecule has 0 unspecified atom stereocenters. The van der Waals surface area contributed by atoms with Crippen LogP contribution in [0.15, 0.2) is 42.5 Å². The fourth-order valence-electron chi connectivity index (χ4n) is 1.77. The number of aldehydes is 1. The molecule has 0 aromatic heterocycles. The topological polar surface area (TPSA) is 103 Å². The Morgan fingerprint density at radius 2 is 1.55 bits per heavy atom. The van der Waals surface area contributed by atoms with E-state index in [1.165, 1.54) is 24.3 Å². The van der Waals surface area contributed by atoms with Crippen LogP contribution < -0.4 is 0 Å². The van der Waals surface area contributed by atoms with Gasteiger partial charge in [0.05, 0.1) is 21.5 Å². The van der Waals surface area contributed by atoms with Crippen molar-refractivity contribution in [3.63, 3.8) is 0 Å². The summed E-state index contributed by atoms with van der Waals surface area (Å²) in [7, 11) is 0. The molecule has 0 saturated carbocycles. The highest BCUT2D eigenvalue weighted by molar-refractivity contribution is 5.79. The van der Waals surface area contributed by atoms with Crippen LogP contribution in [0.3, 0.4) is 0 Å². The normalized spacial score (nSPS) is 10.0. The molecule has 7 heteroatoms. The van der Waals surface area contributed by atoms with Crippen molar-refractivity contribution in [1.82, 2.24) is 0 Å². The van der Waals surface area contributed by atoms with Gasteiger partial charge >= 0.3 is 0 Å². The minimum absolute atomic E-state index is 0.262. The Morgan fingerprint density at radius 1 is 0.900 bits per heavy atom. The van der Waals surface area contributed by atoms with Crippen LogP contribution in [0.25, 0.3) is 11.1 Å². The summed E-state index contributed by atoms with van der Waals surface area (Å²) in [5.41, 5.74) is 0.525. The van der Waals surface area contributed by atoms with Gasteiger partial charge in [0.25, 0.3) is 11.4 Å². The number of rotatable bonds is 4. The monoisotopic (exact) mass is 272 g/mol. The maximum atomic E-state index is 11.0. The Labute approximate surface area is 112 Å². The maximum absolute atomic E-state index is 11.0. The van der Waals surface area contributed by atoms with Crippen LogP contribution in [0.1, 0.15) is 10.4 Å². The quantitative estimate of drug-likeness (QED) is 0.483. The van der Waals surface area contributed by atoms with Crippen molar-refractivity contribution >= 4 is 17.7 Å². The molecule has 20 heavy (non-hydrogen) atoms. The number of nitro benzene ring substituents is 2. The second-order valence-electron chi connectivity index (χ2n) is 3.96. The zero-order chi connectivity index (χ0) is 14.7. The van der Waals surface area contributed by atoms with Crippen LogP contribution in [0.2, 0.25) is 0 Å². The second kappa shape index (κ2) is 5.27. The van der Waals surface area contributed by atoms with Gasteiger partial charge in [0.2, 0.25) is 0 Å². The predicted molar refractivity (Wildman–Crippen MR) is 70.6 cm³/mol. The molecule has 0 bridgehead atoms. The predicted octanol–water partition coefficient (Wildman–Crippen LogP) is 2.98. The average molecular weight is 272 g/mol. The summed E-state index contributed by atoms with van der Waals surface area (Å²) in [6.45, 7) is 0. The van der Waals surface area contributed by atoms with Crippen molar-refractivity contribution in [3.05, 3.63) is 68.3 Å². The molecule has 2 aromatic carbocycles. The minimum Gasteiger partial charge on any atom is -0.298 e. The van der Waals surface area contributed by atoms with Crippen molar-refractivity contribution < 1.29 is 14.6 Å². The Bertz CT molecular complexity index is 694. The van der Waals surface area contributed by atoms with E-state index in [1.807, 2.05) is 0 Å². The Morgan fingerprint density at radius 3 is 2.05 bits per heavy atom. The van der Waals surface area contributed by atoms with Gasteiger partial charge in [-0.3, -0.25) is 25.0 Å². The van der Waals surface area contributed by atoms with E-state index in [4.69, 9.17) is 0 Å². The smallest absolute Gasteiger partial charge is 0.284 e. The highest BCUT2D eigenvalue weighted by atomic mass is 16.6. The lowest BCUT2D eigenvalue weighted by Crippen LogP contribution is -1.95. The second-order valence-corrected chi connectivity index (χ2v) is 3.96. The van der Waals surface area contributed by atoms with E-state index in [-0.39, 0.29) is 16.9 Å². The summed E-state index contributed by atoms with van der Waals surface area (Å²) >= 11 is 0. The van der Waals surface area contributed by atoms with Crippen LogP contribution in [0.4, 0.5) is 11.4 Å². The molecule has 0 spiro atoms. The largest absolute Gasteiger partial charge is 0.298 e. The first-order valence-electron chi connectivity index (χ1n) is 5.51. The lowest BCUT2D eigenvalue weighted by atomic mass is 10.0. The van der Waals surface area contributed by atoms with Crippen LogP contribution >= 0.6 is 0 Å². The van der Waals surface area contributed by atoms with Crippen molar-refractivity contribution in [3.8, 4) is 11.1 Å². The highest BCUT2D eigenvalue weighted by Crippen LogP contribution is 2.32. The van der Waals surface area contributed by atoms with Crippen molar-refractivity contribution in [2.75, 3.05) is 0 Å². The third-order valence-corrected chi connectivity index (χ3v) is 2.75. The molecule has 0 amide bonds. The number of nitro groups is 2. The molecule has 7 nitrogen and oxygen atoms in total. The van der Waals surface area contributed by atoms with Crippen LogP contribution in [-0.2, 0) is 0 Å². The van der Waals surface area contributed by atoms with Gasteiger partial charge in [-0.1, -0.05) is 24.3 Å². The van der Waals surface area contributed by atoms with Gasteiger partial charge in [0.15, 0.2) is 0 Å². The van der Waals surface area contributed by atoms with E-state index in [0.717, 1.165) is 6.07 Å². The Hall–Kier alpha value is -3.09. The highest BCUT2D eigenvalue weighted by Gasteiger charge is 2.20. The lowest BCUT2D eigenvalue weighted by molar-refractivity contribution is -0.393. The zero-order valence-electron chi connectivity index (χ0n) is 10.1. The minimum atomic E-state index is -0.688. The fraction of sp³-hybridized carbons (Fsp3) is 0. The number of hydrogen-bond acceptors (Lipinski definition) is 5.